The molecule has 198 valence electrons. The summed E-state index contributed by atoms with van der Waals surface area (Å²) < 4.78 is 93.7. The van der Waals surface area contributed by atoms with Gasteiger partial charge in [0.1, 0.15) is 5.56 Å². The highest BCUT2D eigenvalue weighted by Gasteiger charge is 2.38. The van der Waals surface area contributed by atoms with Crippen molar-refractivity contribution in [2.75, 3.05) is 17.8 Å². The Hall–Kier alpha value is -3.59. The fourth-order valence-electron chi connectivity index (χ4n) is 3.33. The molecule has 0 spiro atoms. The van der Waals surface area contributed by atoms with E-state index in [0.717, 1.165) is 25.5 Å². The number of anilines is 1. The van der Waals surface area contributed by atoms with Gasteiger partial charge in [0.2, 0.25) is 0 Å². The van der Waals surface area contributed by atoms with Crippen molar-refractivity contribution in [3.63, 3.8) is 0 Å². The zero-order valence-corrected chi connectivity index (χ0v) is 21.8. The lowest BCUT2D eigenvalue weighted by Crippen LogP contribution is -2.21. The number of hydrogen-bond acceptors (Lipinski definition) is 9. The van der Waals surface area contributed by atoms with Crippen LogP contribution in [0, 0.1) is 20.8 Å². The van der Waals surface area contributed by atoms with Crippen LogP contribution in [-0.2, 0) is 25.9 Å². The number of hydrogen-bond donors (Lipinski definition) is 1. The van der Waals surface area contributed by atoms with Gasteiger partial charge in [0.05, 0.1) is 10.6 Å². The van der Waals surface area contributed by atoms with Crippen molar-refractivity contribution < 1.29 is 39.5 Å². The lowest BCUT2D eigenvalue weighted by molar-refractivity contribution is -0.142. The maximum atomic E-state index is 13.5. The predicted molar refractivity (Wildman–Crippen MR) is 126 cm³/mol. The first-order chi connectivity index (χ1) is 16.9. The Morgan fingerprint density at radius 1 is 0.973 bits per heavy atom. The molecule has 0 aliphatic rings. The number of amides is 1. The Morgan fingerprint density at radius 2 is 1.62 bits per heavy atom. The van der Waals surface area contributed by atoms with Crippen LogP contribution >= 0.6 is 0 Å². The largest absolute Gasteiger partial charge is 0.435 e. The SMILES string of the molecule is Cc1cc(S(C)(=O)=O)nc(C)c1Oc1nnc(C(F)(F)F)c(C)c1C(=O)Nc1cccc(S(C)(=O)=O)c1. The van der Waals surface area contributed by atoms with E-state index in [9.17, 15) is 34.8 Å². The van der Waals surface area contributed by atoms with Crippen molar-refractivity contribution in [2.24, 2.45) is 0 Å². The maximum absolute atomic E-state index is 13.5. The quantitative estimate of drug-likeness (QED) is 0.479. The summed E-state index contributed by atoms with van der Waals surface area (Å²) >= 11 is 0. The van der Waals surface area contributed by atoms with E-state index in [1.165, 1.54) is 38.1 Å². The van der Waals surface area contributed by atoms with Crippen molar-refractivity contribution in [1.29, 1.82) is 0 Å². The van der Waals surface area contributed by atoms with Gasteiger partial charge in [0.15, 0.2) is 36.1 Å². The van der Waals surface area contributed by atoms with E-state index < -0.39 is 54.5 Å². The highest BCUT2D eigenvalue weighted by molar-refractivity contribution is 7.91. The number of nitrogens with one attached hydrogen (secondary N) is 1. The third-order valence-corrected chi connectivity index (χ3v) is 7.16. The fraction of sp³-hybridized carbons (Fsp3) is 0.273. The van der Waals surface area contributed by atoms with E-state index >= 15 is 0 Å². The summed E-state index contributed by atoms with van der Waals surface area (Å²) in [7, 11) is -7.29. The number of sulfone groups is 2. The minimum absolute atomic E-state index is 0.00446. The number of pyridine rings is 1. The van der Waals surface area contributed by atoms with E-state index in [1.54, 1.807) is 0 Å². The lowest BCUT2D eigenvalue weighted by Gasteiger charge is -2.17. The average Bonchev–Trinajstić information content (AvgIpc) is 2.74. The topological polar surface area (TPSA) is 145 Å². The molecule has 1 N–H and O–H groups in total. The molecule has 0 aliphatic heterocycles. The summed E-state index contributed by atoms with van der Waals surface area (Å²) in [5.74, 6) is -1.70. The molecule has 2 aromatic heterocycles. The highest BCUT2D eigenvalue weighted by atomic mass is 32.2. The summed E-state index contributed by atoms with van der Waals surface area (Å²) in [6.07, 6.45) is -3.02. The van der Waals surface area contributed by atoms with Crippen molar-refractivity contribution in [3.8, 4) is 11.6 Å². The molecule has 0 saturated heterocycles. The number of nitrogens with zero attached hydrogens (tertiary/aromatic N) is 3. The molecular formula is C22H21F3N4O6S2. The van der Waals surface area contributed by atoms with Crippen LogP contribution < -0.4 is 10.1 Å². The normalized spacial score (nSPS) is 12.3. The fourth-order valence-corrected chi connectivity index (χ4v) is 4.69. The molecule has 0 aliphatic carbocycles. The number of aryl methyl sites for hydroxylation is 2. The second-order valence-electron chi connectivity index (χ2n) is 8.17. The summed E-state index contributed by atoms with van der Waals surface area (Å²) in [4.78, 5) is 17.0. The smallest absolute Gasteiger partial charge is 0.435 e. The number of carbonyl (C=O) groups excluding carboxylic acids is 1. The van der Waals surface area contributed by atoms with Crippen molar-refractivity contribution >= 4 is 31.3 Å². The molecule has 37 heavy (non-hydrogen) atoms. The first kappa shape index (κ1) is 28.0. The zero-order valence-electron chi connectivity index (χ0n) is 20.1. The molecule has 2 heterocycles. The van der Waals surface area contributed by atoms with Gasteiger partial charge in [-0.2, -0.15) is 13.2 Å². The molecule has 3 aromatic rings. The summed E-state index contributed by atoms with van der Waals surface area (Å²) in [5.41, 5.74) is -2.29. The molecule has 15 heteroatoms. The monoisotopic (exact) mass is 558 g/mol. The van der Waals surface area contributed by atoms with Crippen LogP contribution in [0.4, 0.5) is 18.9 Å². The molecule has 0 radical (unpaired) electrons. The Morgan fingerprint density at radius 3 is 2.16 bits per heavy atom. The summed E-state index contributed by atoms with van der Waals surface area (Å²) in [6, 6.07) is 6.34. The summed E-state index contributed by atoms with van der Waals surface area (Å²) in [6.45, 7) is 3.91. The first-order valence-corrected chi connectivity index (χ1v) is 14.1. The number of benzene rings is 1. The van der Waals surface area contributed by atoms with E-state index in [4.69, 9.17) is 4.74 Å². The molecule has 1 amide bonds. The number of aromatic nitrogens is 3. The molecule has 1 aromatic carbocycles. The van der Waals surface area contributed by atoms with Crippen molar-refractivity contribution in [3.05, 3.63) is 58.4 Å². The highest BCUT2D eigenvalue weighted by Crippen LogP contribution is 2.36. The second kappa shape index (κ2) is 9.70. The van der Waals surface area contributed by atoms with E-state index in [0.29, 0.717) is 0 Å². The molecule has 0 fully saturated rings. The van der Waals surface area contributed by atoms with Gasteiger partial charge in [-0.15, -0.1) is 10.2 Å². The molecule has 0 atom stereocenters. The van der Waals surface area contributed by atoms with Gasteiger partial charge in [-0.05, 0) is 56.2 Å². The van der Waals surface area contributed by atoms with Gasteiger partial charge >= 0.3 is 6.18 Å². The number of alkyl halides is 3. The van der Waals surface area contributed by atoms with Gasteiger partial charge in [-0.1, -0.05) is 6.07 Å². The van der Waals surface area contributed by atoms with Crippen LogP contribution in [0.25, 0.3) is 0 Å². The van der Waals surface area contributed by atoms with Crippen LogP contribution in [0.3, 0.4) is 0 Å². The predicted octanol–water partition coefficient (Wildman–Crippen LogP) is 3.67. The van der Waals surface area contributed by atoms with Crippen LogP contribution in [-0.4, -0.2) is 50.4 Å². The minimum atomic E-state index is -4.94. The Kier molecular flexibility index (Phi) is 7.34. The second-order valence-corrected chi connectivity index (χ2v) is 12.2. The average molecular weight is 559 g/mol. The summed E-state index contributed by atoms with van der Waals surface area (Å²) in [5, 5.41) is 8.78. The van der Waals surface area contributed by atoms with Gasteiger partial charge in [-0.25, -0.2) is 21.8 Å². The molecular weight excluding hydrogens is 537 g/mol. The number of rotatable bonds is 6. The molecule has 0 unspecified atom stereocenters. The lowest BCUT2D eigenvalue weighted by atomic mass is 10.1. The van der Waals surface area contributed by atoms with E-state index in [1.807, 2.05) is 0 Å². The minimum Gasteiger partial charge on any atom is -0.435 e. The van der Waals surface area contributed by atoms with E-state index in [2.05, 4.69) is 20.5 Å². The van der Waals surface area contributed by atoms with Crippen LogP contribution in [0.5, 0.6) is 11.6 Å². The van der Waals surface area contributed by atoms with Crippen LogP contribution in [0.1, 0.15) is 32.9 Å². The maximum Gasteiger partial charge on any atom is 0.435 e. The molecule has 10 nitrogen and oxygen atoms in total. The molecule has 3 rings (SSSR count). The molecule has 0 bridgehead atoms. The van der Waals surface area contributed by atoms with Crippen molar-refractivity contribution in [1.82, 2.24) is 15.2 Å². The number of ether oxygens (including phenoxy) is 1. The standard InChI is InChI=1S/C22H21F3N4O6S2/c1-11-9-16(37(5,33)34)26-13(3)18(11)35-21-17(12(2)19(28-29-21)22(23,24)25)20(30)27-14-7-6-8-15(10-14)36(4,31)32/h6-10H,1-5H3,(H,27,30). The Bertz CT molecular complexity index is 1600. The van der Waals surface area contributed by atoms with Crippen LogP contribution in [0.2, 0.25) is 0 Å². The first-order valence-electron chi connectivity index (χ1n) is 10.3. The Balaban J connectivity index is 2.13. The van der Waals surface area contributed by atoms with Gasteiger partial charge in [0, 0.05) is 18.2 Å². The van der Waals surface area contributed by atoms with Gasteiger partial charge in [0.25, 0.3) is 11.8 Å². The molecule has 0 saturated carbocycles. The van der Waals surface area contributed by atoms with Gasteiger partial charge in [-0.3, -0.25) is 4.79 Å². The van der Waals surface area contributed by atoms with Crippen LogP contribution in [0.15, 0.2) is 40.3 Å². The number of carbonyl (C=O) groups is 1. The Labute approximate surface area is 210 Å². The zero-order chi connectivity index (χ0) is 27.9. The van der Waals surface area contributed by atoms with E-state index in [-0.39, 0.29) is 32.6 Å². The van der Waals surface area contributed by atoms with Crippen molar-refractivity contribution in [2.45, 2.75) is 36.9 Å². The third-order valence-electron chi connectivity index (χ3n) is 5.08. The third kappa shape index (κ3) is 6.22. The van der Waals surface area contributed by atoms with Gasteiger partial charge < -0.3 is 10.1 Å². The number of halogens is 3.